The van der Waals surface area contributed by atoms with Crippen molar-refractivity contribution >= 4 is 39.4 Å². The number of carbonyl (C=O) groups is 3. The molecule has 3 aromatic carbocycles. The van der Waals surface area contributed by atoms with Gasteiger partial charge in [0.25, 0.3) is 0 Å². The summed E-state index contributed by atoms with van der Waals surface area (Å²) in [6.45, 7) is 11.7. The van der Waals surface area contributed by atoms with Crippen molar-refractivity contribution in [1.82, 2.24) is 4.90 Å². The van der Waals surface area contributed by atoms with Crippen molar-refractivity contribution in [3.05, 3.63) is 89.5 Å². The van der Waals surface area contributed by atoms with Crippen LogP contribution in [-0.2, 0) is 29.5 Å². The van der Waals surface area contributed by atoms with Crippen LogP contribution >= 0.6 is 21.6 Å². The molecule has 0 aliphatic carbocycles. The molecule has 0 saturated carbocycles. The monoisotopic (exact) mass is 866 g/mol. The maximum absolute atomic E-state index is 13.4. The molecule has 3 aromatic rings. The lowest BCUT2D eigenvalue weighted by Crippen LogP contribution is -3.11. The van der Waals surface area contributed by atoms with Gasteiger partial charge in [0, 0.05) is 41.9 Å². The van der Waals surface area contributed by atoms with Crippen molar-refractivity contribution in [2.45, 2.75) is 89.4 Å². The van der Waals surface area contributed by atoms with Crippen molar-refractivity contribution in [2.24, 2.45) is 5.41 Å². The summed E-state index contributed by atoms with van der Waals surface area (Å²) in [5.74, 6) is 1.51. The molecule has 2 saturated heterocycles. The van der Waals surface area contributed by atoms with Crippen molar-refractivity contribution in [1.29, 1.82) is 0 Å². The second-order valence-corrected chi connectivity index (χ2v) is 18.2. The largest absolute Gasteiger partial charge is 0.550 e. The lowest BCUT2D eigenvalue weighted by atomic mass is 9.77. The Morgan fingerprint density at radius 2 is 1.23 bits per heavy atom. The summed E-state index contributed by atoms with van der Waals surface area (Å²) in [5, 5.41) is 11.8. The molecule has 0 aromatic heterocycles. The second kappa shape index (κ2) is 25.1. The number of carbonyl (C=O) groups excluding carboxylic acids is 3. The summed E-state index contributed by atoms with van der Waals surface area (Å²) < 4.78 is 29.5. The Balaban J connectivity index is 0.00000104. The van der Waals surface area contributed by atoms with Crippen LogP contribution < -0.4 is 24.2 Å². The zero-order valence-corrected chi connectivity index (χ0v) is 38.1. The zero-order valence-electron chi connectivity index (χ0n) is 36.5. The fourth-order valence-corrected chi connectivity index (χ4v) is 10.7. The average Bonchev–Trinajstić information content (AvgIpc) is 3.82. The van der Waals surface area contributed by atoms with Crippen LogP contribution in [0, 0.1) is 5.41 Å². The van der Waals surface area contributed by atoms with Crippen LogP contribution in [0.2, 0.25) is 0 Å². The number of piperidine rings is 1. The second-order valence-electron chi connectivity index (χ2n) is 15.5. The van der Waals surface area contributed by atoms with E-state index in [0.29, 0.717) is 54.9 Å². The summed E-state index contributed by atoms with van der Waals surface area (Å²) in [5.41, 5.74) is 0.729. The van der Waals surface area contributed by atoms with Crippen molar-refractivity contribution < 1.29 is 48.1 Å². The minimum Gasteiger partial charge on any atom is -0.550 e. The summed E-state index contributed by atoms with van der Waals surface area (Å²) in [7, 11) is 8.77. The third kappa shape index (κ3) is 14.1. The molecule has 0 unspecified atom stereocenters. The first kappa shape index (κ1) is 48.8. The number of carboxylic acid groups (broad SMARTS) is 1. The molecule has 60 heavy (non-hydrogen) atoms. The summed E-state index contributed by atoms with van der Waals surface area (Å²) in [6, 6.07) is 23.2. The van der Waals surface area contributed by atoms with E-state index in [1.54, 1.807) is 26.2 Å². The van der Waals surface area contributed by atoms with Crippen LogP contribution in [0.3, 0.4) is 0 Å². The van der Waals surface area contributed by atoms with E-state index < -0.39 is 29.4 Å². The third-order valence-electron chi connectivity index (χ3n) is 11.7. The van der Waals surface area contributed by atoms with E-state index >= 15 is 0 Å². The highest BCUT2D eigenvalue weighted by atomic mass is 33.1. The van der Waals surface area contributed by atoms with Gasteiger partial charge in [0.15, 0.2) is 0 Å². The molecular weight excluding hydrogens is 801 g/mol. The van der Waals surface area contributed by atoms with Crippen LogP contribution in [0.4, 0.5) is 0 Å². The zero-order chi connectivity index (χ0) is 43.4. The van der Waals surface area contributed by atoms with Crippen molar-refractivity contribution in [2.75, 3.05) is 73.0 Å². The molecule has 0 spiro atoms. The Morgan fingerprint density at radius 3 is 1.63 bits per heavy atom. The van der Waals surface area contributed by atoms with Gasteiger partial charge < -0.3 is 43.4 Å². The molecular formula is C47H66N2O9S2. The summed E-state index contributed by atoms with van der Waals surface area (Å²) >= 11 is 0. The number of unbranched alkanes of at least 4 members (excludes halogenated alkanes) is 1. The number of hydrogen-bond acceptors (Lipinski definition) is 11. The molecule has 2 aliphatic heterocycles. The minimum atomic E-state index is -1.31. The Labute approximate surface area is 365 Å². The molecule has 1 N–H and O–H groups in total. The molecule has 11 nitrogen and oxygen atoms in total. The van der Waals surface area contributed by atoms with Crippen LogP contribution in [-0.4, -0.2) is 101 Å². The van der Waals surface area contributed by atoms with Crippen LogP contribution in [0.1, 0.15) is 95.2 Å². The Kier molecular flexibility index (Phi) is 20.4. The van der Waals surface area contributed by atoms with Crippen molar-refractivity contribution in [3.63, 3.8) is 0 Å². The Hall–Kier alpha value is -3.91. The van der Waals surface area contributed by atoms with E-state index in [4.69, 9.17) is 23.7 Å². The molecule has 2 fully saturated rings. The van der Waals surface area contributed by atoms with Gasteiger partial charge in [0.1, 0.15) is 22.8 Å². The molecule has 1 amide bonds. The molecule has 0 radical (unpaired) electrons. The molecule has 0 bridgehead atoms. The van der Waals surface area contributed by atoms with Gasteiger partial charge in [-0.2, -0.15) is 0 Å². The molecule has 5 rings (SSSR count). The maximum atomic E-state index is 13.4. The fourth-order valence-electron chi connectivity index (χ4n) is 7.68. The van der Waals surface area contributed by atoms with E-state index in [-0.39, 0.29) is 25.5 Å². The first-order valence-corrected chi connectivity index (χ1v) is 23.8. The number of nitrogens with one attached hydrogen (secondary N) is 1. The average molecular weight is 867 g/mol. The van der Waals surface area contributed by atoms with E-state index in [1.165, 1.54) is 31.8 Å². The summed E-state index contributed by atoms with van der Waals surface area (Å²) in [6.07, 6.45) is 5.19. The number of aliphatic carboxylic acids is 1. The normalized spacial score (nSPS) is 16.1. The summed E-state index contributed by atoms with van der Waals surface area (Å²) in [4.78, 5) is 40.8. The predicted octanol–water partition coefficient (Wildman–Crippen LogP) is 6.35. The van der Waals surface area contributed by atoms with Gasteiger partial charge in [0.05, 0.1) is 60.6 Å². The SMILES string of the molecule is CC[NH+](CC)CC.COc1ccc(C(OCC2(COC(=O)CCC(=O)[O-])CCN(C(=O)CCCC[C@@H]3CCSS3)CC2)(c2ccc(OC)cc2)c2ccc(OC)cc2)cc1. The number of quaternary nitrogens is 1. The van der Waals surface area contributed by atoms with Gasteiger partial charge in [-0.3, -0.25) is 9.59 Å². The highest BCUT2D eigenvalue weighted by Crippen LogP contribution is 2.45. The van der Waals surface area contributed by atoms with Gasteiger partial charge in [-0.25, -0.2) is 0 Å². The number of nitrogens with zero attached hydrogens (tertiary/aromatic N) is 1. The number of benzene rings is 3. The van der Waals surface area contributed by atoms with E-state index in [2.05, 4.69) is 20.8 Å². The lowest BCUT2D eigenvalue weighted by molar-refractivity contribution is -0.894. The number of esters is 1. The maximum Gasteiger partial charge on any atom is 0.306 e. The number of ether oxygens (including phenoxy) is 5. The highest BCUT2D eigenvalue weighted by Gasteiger charge is 2.44. The molecule has 330 valence electrons. The van der Waals surface area contributed by atoms with Crippen molar-refractivity contribution in [3.8, 4) is 17.2 Å². The quantitative estimate of drug-likeness (QED) is 0.0526. The molecule has 13 heteroatoms. The molecule has 1 atom stereocenters. The van der Waals surface area contributed by atoms with E-state index in [9.17, 15) is 19.5 Å². The number of likely N-dealkylation sites (tertiary alicyclic amines) is 1. The number of amides is 1. The first-order chi connectivity index (χ1) is 29.0. The lowest BCUT2D eigenvalue weighted by Gasteiger charge is -2.44. The Bertz CT molecular complexity index is 1600. The predicted molar refractivity (Wildman–Crippen MR) is 238 cm³/mol. The highest BCUT2D eigenvalue weighted by molar-refractivity contribution is 8.77. The van der Waals surface area contributed by atoms with Crippen LogP contribution in [0.5, 0.6) is 17.2 Å². The number of methoxy groups -OCH3 is 3. The topological polar surface area (TPSA) is 128 Å². The number of rotatable bonds is 22. The Morgan fingerprint density at radius 1 is 0.733 bits per heavy atom. The number of carboxylic acids is 1. The van der Waals surface area contributed by atoms with Gasteiger partial charge in [0.2, 0.25) is 5.91 Å². The van der Waals surface area contributed by atoms with Crippen LogP contribution in [0.25, 0.3) is 0 Å². The fraction of sp³-hybridized carbons (Fsp3) is 0.553. The third-order valence-corrected chi connectivity index (χ3v) is 14.7. The first-order valence-electron chi connectivity index (χ1n) is 21.4. The van der Waals surface area contributed by atoms with E-state index in [1.807, 2.05) is 99.3 Å². The van der Waals surface area contributed by atoms with Crippen LogP contribution in [0.15, 0.2) is 72.8 Å². The molecule has 2 heterocycles. The smallest absolute Gasteiger partial charge is 0.306 e. The minimum absolute atomic E-state index is 0.0158. The number of hydrogen-bond donors (Lipinski definition) is 1. The van der Waals surface area contributed by atoms with E-state index in [0.717, 1.165) is 36.0 Å². The molecule has 2 aliphatic rings. The van der Waals surface area contributed by atoms with Gasteiger partial charge in [-0.1, -0.05) is 64.4 Å². The van der Waals surface area contributed by atoms with Gasteiger partial charge >= 0.3 is 5.97 Å². The van der Waals surface area contributed by atoms with Gasteiger partial charge in [-0.05, 0) is 112 Å². The van der Waals surface area contributed by atoms with Gasteiger partial charge in [-0.15, -0.1) is 0 Å². The standard InChI is InChI=1S/C41H51NO9S2.C6H15N/c1-47-33-14-8-30(9-15-33)41(31-10-16-34(48-2)17-11-31,32-12-18-35(49-3)19-13-32)51-29-40(28-50-39(46)21-20-38(44)45)23-25-42(26-24-40)37(43)7-5-4-6-36-22-27-52-53-36;1-4-7(5-2)6-3/h8-19,36H,4-7,20-29H2,1-3H3,(H,44,45);4-6H2,1-3H3/t36-;/m1./s1.